The zero-order chi connectivity index (χ0) is 30.4. The maximum absolute atomic E-state index is 2.46. The number of aromatic nitrogens is 2. The number of benzene rings is 5. The summed E-state index contributed by atoms with van der Waals surface area (Å²) >= 11 is 0. The van der Waals surface area contributed by atoms with Gasteiger partial charge in [-0.15, -0.1) is 0 Å². The van der Waals surface area contributed by atoms with Crippen molar-refractivity contribution in [2.75, 3.05) is 9.80 Å². The minimum absolute atomic E-state index is 0.142. The summed E-state index contributed by atoms with van der Waals surface area (Å²) < 4.78 is 4.86. The third-order valence-corrected chi connectivity index (χ3v) is 9.53. The van der Waals surface area contributed by atoms with E-state index >= 15 is 0 Å². The van der Waals surface area contributed by atoms with Gasteiger partial charge in [0.1, 0.15) is 17.3 Å². The van der Waals surface area contributed by atoms with Crippen molar-refractivity contribution in [3.63, 3.8) is 0 Å². The van der Waals surface area contributed by atoms with Gasteiger partial charge in [-0.2, -0.15) is 4.57 Å². The molecule has 0 N–H and O–H groups in total. The quantitative estimate of drug-likeness (QED) is 0.185. The van der Waals surface area contributed by atoms with Gasteiger partial charge in [0.15, 0.2) is 11.0 Å². The van der Waals surface area contributed by atoms with E-state index in [0.29, 0.717) is 0 Å². The van der Waals surface area contributed by atoms with Crippen molar-refractivity contribution in [3.05, 3.63) is 168 Å². The van der Waals surface area contributed by atoms with Crippen LogP contribution in [0.25, 0.3) is 16.7 Å². The van der Waals surface area contributed by atoms with Crippen LogP contribution in [0.1, 0.15) is 41.9 Å². The number of para-hydroxylation sites is 4. The van der Waals surface area contributed by atoms with E-state index in [1.165, 1.54) is 50.5 Å². The highest BCUT2D eigenvalue weighted by molar-refractivity contribution is 5.76. The SMILES string of the molecule is Cc1ccccc1C(C)(c1cccc(N2C=CN(c3ccccc3)[C@H]2C)c1C)c1n(-c2ccccc2)c2ccccc2[n+]1C. The first kappa shape index (κ1) is 27.7. The summed E-state index contributed by atoms with van der Waals surface area (Å²) in [6.07, 6.45) is 4.55. The third-order valence-electron chi connectivity index (χ3n) is 9.53. The standard InChI is InChI=1S/C40H39N4/c1-29-17-12-13-22-34(29)40(4,39-41(5)37-24-14-15-25-38(37)44(39)33-20-10-7-11-21-33)35-23-16-26-36(30(35)2)43-28-27-42(31(43)3)32-18-8-6-9-19-32/h6-28,31H,1-5H3/q+1/t31-,40?/m1/s1. The molecule has 0 spiro atoms. The fraction of sp³-hybridized carbons (Fsp3) is 0.175. The normalized spacial score (nSPS) is 16.1. The molecule has 0 aliphatic carbocycles. The van der Waals surface area contributed by atoms with E-state index in [0.717, 1.165) is 5.69 Å². The Kier molecular flexibility index (Phi) is 6.85. The predicted molar refractivity (Wildman–Crippen MR) is 182 cm³/mol. The molecule has 2 heterocycles. The second kappa shape index (κ2) is 10.9. The maximum atomic E-state index is 2.46. The number of nitrogens with zero attached hydrogens (tertiary/aromatic N) is 4. The van der Waals surface area contributed by atoms with Crippen LogP contribution in [0.5, 0.6) is 0 Å². The van der Waals surface area contributed by atoms with Crippen LogP contribution in [0, 0.1) is 13.8 Å². The Morgan fingerprint density at radius 3 is 1.93 bits per heavy atom. The van der Waals surface area contributed by atoms with E-state index in [2.05, 4.69) is 193 Å². The summed E-state index contributed by atoms with van der Waals surface area (Å²) in [5, 5.41) is 0. The molecule has 7 rings (SSSR count). The van der Waals surface area contributed by atoms with Crippen molar-refractivity contribution in [3.8, 4) is 5.69 Å². The Morgan fingerprint density at radius 1 is 0.614 bits per heavy atom. The van der Waals surface area contributed by atoms with Gasteiger partial charge in [-0.1, -0.05) is 84.9 Å². The Morgan fingerprint density at radius 2 is 1.20 bits per heavy atom. The Labute approximate surface area is 260 Å². The summed E-state index contributed by atoms with van der Waals surface area (Å²) in [7, 11) is 2.22. The molecule has 44 heavy (non-hydrogen) atoms. The molecule has 0 amide bonds. The first-order valence-electron chi connectivity index (χ1n) is 15.4. The van der Waals surface area contributed by atoms with Crippen LogP contribution in [0.4, 0.5) is 11.4 Å². The summed E-state index contributed by atoms with van der Waals surface area (Å²) in [5.41, 5.74) is 10.6. The topological polar surface area (TPSA) is 15.3 Å². The van der Waals surface area contributed by atoms with Crippen molar-refractivity contribution in [1.82, 2.24) is 4.57 Å². The molecule has 4 nitrogen and oxygen atoms in total. The Bertz CT molecular complexity index is 1990. The minimum Gasteiger partial charge on any atom is -0.326 e. The number of fused-ring (bicyclic) bond motifs is 1. The predicted octanol–water partition coefficient (Wildman–Crippen LogP) is 8.57. The van der Waals surface area contributed by atoms with Gasteiger partial charge >= 0.3 is 0 Å². The van der Waals surface area contributed by atoms with Gasteiger partial charge in [-0.05, 0) is 92.4 Å². The molecule has 1 aliphatic heterocycles. The molecule has 218 valence electrons. The number of rotatable bonds is 6. The molecule has 4 heteroatoms. The number of imidazole rings is 1. The largest absolute Gasteiger partial charge is 0.326 e. The maximum Gasteiger partial charge on any atom is 0.277 e. The fourth-order valence-electron chi connectivity index (χ4n) is 7.39. The van der Waals surface area contributed by atoms with Crippen molar-refractivity contribution >= 4 is 22.4 Å². The first-order valence-corrected chi connectivity index (χ1v) is 15.4. The fourth-order valence-corrected chi connectivity index (χ4v) is 7.39. The lowest BCUT2D eigenvalue weighted by Gasteiger charge is -2.35. The number of hydrogen-bond acceptors (Lipinski definition) is 2. The van der Waals surface area contributed by atoms with E-state index in [9.17, 15) is 0 Å². The van der Waals surface area contributed by atoms with Crippen LogP contribution < -0.4 is 14.4 Å². The molecule has 0 fully saturated rings. The van der Waals surface area contributed by atoms with Crippen LogP contribution in [0.3, 0.4) is 0 Å². The number of aryl methyl sites for hydroxylation is 2. The number of anilines is 2. The molecule has 6 aromatic rings. The zero-order valence-corrected chi connectivity index (χ0v) is 26.1. The molecule has 0 bridgehead atoms. The molecule has 0 saturated heterocycles. The molecular weight excluding hydrogens is 536 g/mol. The van der Waals surface area contributed by atoms with E-state index in [1.807, 2.05) is 0 Å². The van der Waals surface area contributed by atoms with Gasteiger partial charge in [-0.25, -0.2) is 4.57 Å². The van der Waals surface area contributed by atoms with Crippen molar-refractivity contribution in [2.45, 2.75) is 39.3 Å². The first-order chi connectivity index (χ1) is 21.4. The third kappa shape index (κ3) is 4.24. The van der Waals surface area contributed by atoms with Crippen LogP contribution in [-0.2, 0) is 12.5 Å². The molecule has 2 atom stereocenters. The van der Waals surface area contributed by atoms with Gasteiger partial charge in [0.05, 0.1) is 7.05 Å². The van der Waals surface area contributed by atoms with E-state index in [-0.39, 0.29) is 6.17 Å². The van der Waals surface area contributed by atoms with E-state index in [4.69, 9.17) is 0 Å². The van der Waals surface area contributed by atoms with Crippen molar-refractivity contribution < 1.29 is 4.57 Å². The highest BCUT2D eigenvalue weighted by Crippen LogP contribution is 2.45. The minimum atomic E-state index is -0.485. The summed E-state index contributed by atoms with van der Waals surface area (Å²) in [5.74, 6) is 1.22. The summed E-state index contributed by atoms with van der Waals surface area (Å²) in [4.78, 5) is 4.73. The van der Waals surface area contributed by atoms with Crippen LogP contribution in [0.15, 0.2) is 140 Å². The van der Waals surface area contributed by atoms with Crippen LogP contribution in [0.2, 0.25) is 0 Å². The van der Waals surface area contributed by atoms with E-state index < -0.39 is 5.41 Å². The summed E-state index contributed by atoms with van der Waals surface area (Å²) in [6.45, 7) is 9.22. The molecule has 5 aromatic carbocycles. The lowest BCUT2D eigenvalue weighted by molar-refractivity contribution is -0.656. The Hall–Kier alpha value is -5.09. The lowest BCUT2D eigenvalue weighted by Crippen LogP contribution is -2.44. The average Bonchev–Trinajstić information content (AvgIpc) is 3.59. The van der Waals surface area contributed by atoms with Crippen molar-refractivity contribution in [2.24, 2.45) is 7.05 Å². The monoisotopic (exact) mass is 575 g/mol. The van der Waals surface area contributed by atoms with E-state index in [1.54, 1.807) is 0 Å². The highest BCUT2D eigenvalue weighted by Gasteiger charge is 2.46. The molecule has 1 unspecified atom stereocenters. The molecule has 0 saturated carbocycles. The molecule has 0 radical (unpaired) electrons. The molecule has 1 aromatic heterocycles. The summed E-state index contributed by atoms with van der Waals surface area (Å²) in [6, 6.07) is 45.8. The van der Waals surface area contributed by atoms with Gasteiger partial charge in [0, 0.05) is 23.8 Å². The second-order valence-corrected chi connectivity index (χ2v) is 12.0. The van der Waals surface area contributed by atoms with Gasteiger partial charge in [0.25, 0.3) is 5.82 Å². The lowest BCUT2D eigenvalue weighted by atomic mass is 9.71. The average molecular weight is 576 g/mol. The number of hydrogen-bond donors (Lipinski definition) is 0. The Balaban J connectivity index is 1.48. The van der Waals surface area contributed by atoms with Gasteiger partial charge in [-0.3, -0.25) is 0 Å². The second-order valence-electron chi connectivity index (χ2n) is 12.0. The van der Waals surface area contributed by atoms with Crippen molar-refractivity contribution in [1.29, 1.82) is 0 Å². The van der Waals surface area contributed by atoms with Gasteiger partial charge in [0.2, 0.25) is 0 Å². The van der Waals surface area contributed by atoms with Gasteiger partial charge < -0.3 is 9.80 Å². The molecular formula is C40H39N4+. The van der Waals surface area contributed by atoms with Crippen LogP contribution >= 0.6 is 0 Å². The highest BCUT2D eigenvalue weighted by atomic mass is 15.4. The van der Waals surface area contributed by atoms with Crippen LogP contribution in [-0.4, -0.2) is 10.7 Å². The smallest absolute Gasteiger partial charge is 0.277 e. The zero-order valence-electron chi connectivity index (χ0n) is 26.1. The molecule has 1 aliphatic rings.